The summed E-state index contributed by atoms with van der Waals surface area (Å²) < 4.78 is 4.44. The summed E-state index contributed by atoms with van der Waals surface area (Å²) in [7, 11) is 1.30. The van der Waals surface area contributed by atoms with E-state index >= 15 is 0 Å². The lowest BCUT2D eigenvalue weighted by Gasteiger charge is -1.99. The molecule has 1 rings (SSSR count). The highest BCUT2D eigenvalue weighted by atomic mass is 35.5. The van der Waals surface area contributed by atoms with Crippen molar-refractivity contribution >= 4 is 40.8 Å². The molecule has 0 saturated heterocycles. The number of ether oxygens (including phenoxy) is 1. The second-order valence-corrected chi connectivity index (χ2v) is 4.02. The Kier molecular flexibility index (Phi) is 4.95. The fourth-order valence-electron chi connectivity index (χ4n) is 0.902. The smallest absolute Gasteiger partial charge is 0.317 e. The number of halogens is 3. The molecule has 0 aliphatic rings. The van der Waals surface area contributed by atoms with Crippen LogP contribution in [0.25, 0.3) is 0 Å². The van der Waals surface area contributed by atoms with Gasteiger partial charge in [0.2, 0.25) is 0 Å². The number of hydrogen-bond donors (Lipinski definition) is 0. The number of methoxy groups -OCH3 is 1. The Morgan fingerprint density at radius 2 is 1.88 bits per heavy atom. The van der Waals surface area contributed by atoms with E-state index in [4.69, 9.17) is 34.8 Å². The minimum atomic E-state index is -0.399. The van der Waals surface area contributed by atoms with Gasteiger partial charge in [0.1, 0.15) is 6.42 Å². The summed E-state index contributed by atoms with van der Waals surface area (Å²) in [6.45, 7) is 0. The standard InChI is InChI=1S/C11H7Cl3O2/c1-16-11(15)4-2-3-7-5-9(13)10(14)6-8(7)12/h5-6H,4H2,1H3. The van der Waals surface area contributed by atoms with E-state index < -0.39 is 5.97 Å². The molecule has 84 valence electrons. The maximum Gasteiger partial charge on any atom is 0.317 e. The molecule has 2 nitrogen and oxygen atoms in total. The first-order valence-corrected chi connectivity index (χ1v) is 5.38. The molecule has 5 heteroatoms. The molecule has 0 aliphatic carbocycles. The Labute approximate surface area is 108 Å². The summed E-state index contributed by atoms with van der Waals surface area (Å²) in [6.07, 6.45) is 0.00702. The molecule has 0 bridgehead atoms. The average Bonchev–Trinajstić information content (AvgIpc) is 2.25. The molecular weight excluding hydrogens is 270 g/mol. The van der Waals surface area contributed by atoms with Crippen molar-refractivity contribution in [3.8, 4) is 11.8 Å². The summed E-state index contributed by atoms with van der Waals surface area (Å²) in [5.41, 5.74) is 0.528. The normalized spacial score (nSPS) is 9.25. The van der Waals surface area contributed by atoms with Crippen LogP contribution < -0.4 is 0 Å². The van der Waals surface area contributed by atoms with Gasteiger partial charge in [-0.25, -0.2) is 0 Å². The molecule has 0 atom stereocenters. The van der Waals surface area contributed by atoms with E-state index in [9.17, 15) is 4.79 Å². The van der Waals surface area contributed by atoms with E-state index in [1.165, 1.54) is 13.2 Å². The van der Waals surface area contributed by atoms with Gasteiger partial charge in [-0.2, -0.15) is 0 Å². The highest BCUT2D eigenvalue weighted by Gasteiger charge is 2.03. The third-order valence-electron chi connectivity index (χ3n) is 1.69. The van der Waals surface area contributed by atoms with Crippen molar-refractivity contribution in [1.29, 1.82) is 0 Å². The molecule has 1 aromatic carbocycles. The lowest BCUT2D eigenvalue weighted by molar-refractivity contribution is -0.139. The van der Waals surface area contributed by atoms with E-state index in [0.717, 1.165) is 0 Å². The minimum Gasteiger partial charge on any atom is -0.468 e. The van der Waals surface area contributed by atoms with E-state index in [2.05, 4.69) is 16.6 Å². The number of carbonyl (C=O) groups is 1. The van der Waals surface area contributed by atoms with Crippen LogP contribution in [0.5, 0.6) is 0 Å². The molecule has 0 aromatic heterocycles. The molecule has 0 heterocycles. The molecule has 0 radical (unpaired) electrons. The number of benzene rings is 1. The number of rotatable bonds is 1. The van der Waals surface area contributed by atoms with Crippen molar-refractivity contribution in [2.24, 2.45) is 0 Å². The highest BCUT2D eigenvalue weighted by molar-refractivity contribution is 6.43. The van der Waals surface area contributed by atoms with Gasteiger partial charge in [-0.1, -0.05) is 46.6 Å². The van der Waals surface area contributed by atoms with E-state index in [1.807, 2.05) is 0 Å². The van der Waals surface area contributed by atoms with Crippen LogP contribution in [0.1, 0.15) is 12.0 Å². The molecule has 0 saturated carbocycles. The summed E-state index contributed by atoms with van der Waals surface area (Å²) >= 11 is 17.4. The van der Waals surface area contributed by atoms with Gasteiger partial charge in [-0.15, -0.1) is 0 Å². The maximum atomic E-state index is 10.8. The Bertz CT molecular complexity index is 472. The van der Waals surface area contributed by atoms with E-state index in [0.29, 0.717) is 20.6 Å². The van der Waals surface area contributed by atoms with Gasteiger partial charge >= 0.3 is 5.97 Å². The van der Waals surface area contributed by atoms with Gasteiger partial charge < -0.3 is 4.74 Å². The fourth-order valence-corrected chi connectivity index (χ4v) is 1.50. The molecule has 0 fully saturated rings. The van der Waals surface area contributed by atoms with Crippen LogP contribution in [0.2, 0.25) is 15.1 Å². The van der Waals surface area contributed by atoms with Crippen molar-refractivity contribution in [3.63, 3.8) is 0 Å². The predicted molar refractivity (Wildman–Crippen MR) is 65.0 cm³/mol. The van der Waals surface area contributed by atoms with Crippen LogP contribution in [0, 0.1) is 11.8 Å². The van der Waals surface area contributed by atoms with Crippen molar-refractivity contribution in [2.75, 3.05) is 7.11 Å². The zero-order chi connectivity index (χ0) is 12.1. The van der Waals surface area contributed by atoms with Crippen molar-refractivity contribution in [2.45, 2.75) is 6.42 Å². The van der Waals surface area contributed by atoms with Gasteiger partial charge in [0.25, 0.3) is 0 Å². The Balaban J connectivity index is 2.89. The van der Waals surface area contributed by atoms with Crippen LogP contribution in [0.15, 0.2) is 12.1 Å². The van der Waals surface area contributed by atoms with Gasteiger partial charge in [0, 0.05) is 5.56 Å². The first-order chi connectivity index (χ1) is 7.54. The van der Waals surface area contributed by atoms with Gasteiger partial charge in [-0.05, 0) is 12.1 Å². The fraction of sp³-hybridized carbons (Fsp3) is 0.182. The first kappa shape index (κ1) is 13.2. The second kappa shape index (κ2) is 6.00. The van der Waals surface area contributed by atoms with Crippen LogP contribution in [-0.2, 0) is 9.53 Å². The van der Waals surface area contributed by atoms with Crippen LogP contribution in [-0.4, -0.2) is 13.1 Å². The monoisotopic (exact) mass is 276 g/mol. The summed E-state index contributed by atoms with van der Waals surface area (Å²) in [6, 6.07) is 3.06. The molecule has 0 amide bonds. The summed E-state index contributed by atoms with van der Waals surface area (Å²) in [5, 5.41) is 1.13. The third kappa shape index (κ3) is 3.61. The molecule has 0 N–H and O–H groups in total. The zero-order valence-electron chi connectivity index (χ0n) is 8.31. The van der Waals surface area contributed by atoms with E-state index in [1.54, 1.807) is 6.07 Å². The topological polar surface area (TPSA) is 26.3 Å². The second-order valence-electron chi connectivity index (χ2n) is 2.80. The molecule has 0 aliphatic heterocycles. The Morgan fingerprint density at radius 3 is 2.50 bits per heavy atom. The van der Waals surface area contributed by atoms with Crippen molar-refractivity contribution < 1.29 is 9.53 Å². The summed E-state index contributed by atoms with van der Waals surface area (Å²) in [4.78, 5) is 10.8. The number of hydrogen-bond acceptors (Lipinski definition) is 2. The number of esters is 1. The first-order valence-electron chi connectivity index (χ1n) is 4.25. The van der Waals surface area contributed by atoms with Gasteiger partial charge in [-0.3, -0.25) is 4.79 Å². The van der Waals surface area contributed by atoms with Gasteiger partial charge in [0.05, 0.1) is 22.2 Å². The molecule has 0 unspecified atom stereocenters. The molecular formula is C11H7Cl3O2. The van der Waals surface area contributed by atoms with Crippen molar-refractivity contribution in [1.82, 2.24) is 0 Å². The minimum absolute atomic E-state index is 0.00702. The maximum absolute atomic E-state index is 10.8. The third-order valence-corrected chi connectivity index (χ3v) is 2.73. The molecule has 16 heavy (non-hydrogen) atoms. The van der Waals surface area contributed by atoms with Gasteiger partial charge in [0.15, 0.2) is 0 Å². The lowest BCUT2D eigenvalue weighted by Crippen LogP contribution is -1.97. The average molecular weight is 278 g/mol. The Hall–Kier alpha value is -0.880. The van der Waals surface area contributed by atoms with Crippen molar-refractivity contribution in [3.05, 3.63) is 32.8 Å². The largest absolute Gasteiger partial charge is 0.468 e. The quantitative estimate of drug-likeness (QED) is 0.446. The zero-order valence-corrected chi connectivity index (χ0v) is 10.6. The lowest BCUT2D eigenvalue weighted by atomic mass is 10.2. The summed E-state index contributed by atoms with van der Waals surface area (Å²) in [5.74, 6) is 4.95. The highest BCUT2D eigenvalue weighted by Crippen LogP contribution is 2.28. The van der Waals surface area contributed by atoms with Crippen LogP contribution in [0.4, 0.5) is 0 Å². The molecule has 1 aromatic rings. The predicted octanol–water partition coefficient (Wildman–Crippen LogP) is 3.56. The Morgan fingerprint density at radius 1 is 1.25 bits per heavy atom. The molecule has 0 spiro atoms. The SMILES string of the molecule is COC(=O)CC#Cc1cc(Cl)c(Cl)cc1Cl. The van der Waals surface area contributed by atoms with E-state index in [-0.39, 0.29) is 6.42 Å². The van der Waals surface area contributed by atoms with Crippen LogP contribution in [0.3, 0.4) is 0 Å². The number of carbonyl (C=O) groups excluding carboxylic acids is 1. The van der Waals surface area contributed by atoms with Crippen LogP contribution >= 0.6 is 34.8 Å².